The van der Waals surface area contributed by atoms with Crippen LogP contribution in [0.25, 0.3) is 0 Å². The predicted molar refractivity (Wildman–Crippen MR) is 62.5 cm³/mol. The zero-order valence-electron chi connectivity index (χ0n) is 9.96. The van der Waals surface area contributed by atoms with Crippen molar-refractivity contribution < 1.29 is 9.18 Å². The summed E-state index contributed by atoms with van der Waals surface area (Å²) in [6.45, 7) is 6.02. The molecule has 1 atom stereocenters. The van der Waals surface area contributed by atoms with Gasteiger partial charge in [0.2, 0.25) is 5.91 Å². The molecule has 3 heteroatoms. The first-order chi connectivity index (χ1) is 7.50. The summed E-state index contributed by atoms with van der Waals surface area (Å²) in [5.74, 6) is -0.0780. The Morgan fingerprint density at radius 3 is 2.50 bits per heavy atom. The lowest BCUT2D eigenvalue weighted by Crippen LogP contribution is -2.37. The van der Waals surface area contributed by atoms with E-state index in [1.807, 2.05) is 20.8 Å². The lowest BCUT2D eigenvalue weighted by Gasteiger charge is -2.17. The number of amides is 1. The highest BCUT2D eigenvalue weighted by Crippen LogP contribution is 2.07. The molecule has 0 radical (unpaired) electrons. The lowest BCUT2D eigenvalue weighted by atomic mass is 10.1. The number of rotatable bonds is 4. The molecule has 0 fully saturated rings. The molecule has 0 aliphatic rings. The summed E-state index contributed by atoms with van der Waals surface area (Å²) in [6, 6.07) is 6.47. The summed E-state index contributed by atoms with van der Waals surface area (Å²) >= 11 is 0. The molecule has 2 nitrogen and oxygen atoms in total. The Bertz CT molecular complexity index is 363. The smallest absolute Gasteiger partial charge is 0.224 e. The second-order valence-electron chi connectivity index (χ2n) is 4.37. The van der Waals surface area contributed by atoms with E-state index in [1.54, 1.807) is 18.2 Å². The second kappa shape index (κ2) is 5.64. The van der Waals surface area contributed by atoms with E-state index in [4.69, 9.17) is 0 Å². The highest BCUT2D eigenvalue weighted by atomic mass is 19.1. The normalized spacial score (nSPS) is 12.6. The summed E-state index contributed by atoms with van der Waals surface area (Å²) in [4.78, 5) is 11.6. The Balaban J connectivity index is 2.55. The van der Waals surface area contributed by atoms with Crippen molar-refractivity contribution in [2.24, 2.45) is 5.92 Å². The summed E-state index contributed by atoms with van der Waals surface area (Å²) in [7, 11) is 0. The molecule has 0 spiro atoms. The third-order valence-electron chi connectivity index (χ3n) is 2.70. The first-order valence-electron chi connectivity index (χ1n) is 5.53. The molecule has 0 saturated carbocycles. The zero-order valence-corrected chi connectivity index (χ0v) is 9.96. The van der Waals surface area contributed by atoms with Gasteiger partial charge in [0.25, 0.3) is 0 Å². The summed E-state index contributed by atoms with van der Waals surface area (Å²) in [5, 5.41) is 2.85. The van der Waals surface area contributed by atoms with Crippen LogP contribution < -0.4 is 5.32 Å². The van der Waals surface area contributed by atoms with Crippen molar-refractivity contribution in [2.75, 3.05) is 0 Å². The summed E-state index contributed by atoms with van der Waals surface area (Å²) in [6.07, 6.45) is 0.101. The molecule has 0 saturated heterocycles. The molecule has 1 aromatic rings. The fourth-order valence-electron chi connectivity index (χ4n) is 1.29. The third-order valence-corrected chi connectivity index (χ3v) is 2.70. The van der Waals surface area contributed by atoms with Crippen molar-refractivity contribution in [3.05, 3.63) is 35.6 Å². The van der Waals surface area contributed by atoms with E-state index in [-0.39, 0.29) is 24.2 Å². The van der Waals surface area contributed by atoms with E-state index in [0.29, 0.717) is 11.5 Å². The predicted octanol–water partition coefficient (Wildman–Crippen LogP) is 2.53. The highest BCUT2D eigenvalue weighted by molar-refractivity contribution is 5.78. The molecule has 1 N–H and O–H groups in total. The summed E-state index contributed by atoms with van der Waals surface area (Å²) < 4.78 is 13.3. The fraction of sp³-hybridized carbons (Fsp3) is 0.462. The van der Waals surface area contributed by atoms with Gasteiger partial charge in [-0.2, -0.15) is 0 Å². The zero-order chi connectivity index (χ0) is 12.1. The largest absolute Gasteiger partial charge is 0.353 e. The van der Waals surface area contributed by atoms with Crippen LogP contribution in [-0.2, 0) is 11.2 Å². The Labute approximate surface area is 95.9 Å². The van der Waals surface area contributed by atoms with E-state index >= 15 is 0 Å². The van der Waals surface area contributed by atoms with E-state index < -0.39 is 0 Å². The minimum absolute atomic E-state index is 0.101. The van der Waals surface area contributed by atoms with E-state index in [0.717, 1.165) is 0 Å². The van der Waals surface area contributed by atoms with Gasteiger partial charge >= 0.3 is 0 Å². The van der Waals surface area contributed by atoms with Gasteiger partial charge in [-0.3, -0.25) is 4.79 Å². The van der Waals surface area contributed by atoms with Crippen LogP contribution in [0.1, 0.15) is 26.3 Å². The molecule has 0 aliphatic carbocycles. The number of benzene rings is 1. The number of carbonyl (C=O) groups is 1. The Kier molecular flexibility index (Phi) is 4.47. The van der Waals surface area contributed by atoms with Crippen molar-refractivity contribution in [2.45, 2.75) is 33.2 Å². The van der Waals surface area contributed by atoms with Crippen LogP contribution in [-0.4, -0.2) is 11.9 Å². The Hall–Kier alpha value is -1.38. The minimum atomic E-state index is -0.324. The Morgan fingerprint density at radius 1 is 1.31 bits per heavy atom. The van der Waals surface area contributed by atoms with Crippen LogP contribution in [0.15, 0.2) is 24.3 Å². The lowest BCUT2D eigenvalue weighted by molar-refractivity contribution is -0.121. The average Bonchev–Trinajstić information content (AvgIpc) is 2.21. The molecular weight excluding hydrogens is 205 g/mol. The Morgan fingerprint density at radius 2 is 1.94 bits per heavy atom. The van der Waals surface area contributed by atoms with Gasteiger partial charge in [0, 0.05) is 6.04 Å². The van der Waals surface area contributed by atoms with Gasteiger partial charge in [0.15, 0.2) is 0 Å². The molecule has 16 heavy (non-hydrogen) atoms. The third kappa shape index (κ3) is 3.65. The molecule has 88 valence electrons. The maximum Gasteiger partial charge on any atom is 0.224 e. The highest BCUT2D eigenvalue weighted by Gasteiger charge is 2.12. The van der Waals surface area contributed by atoms with Crippen LogP contribution in [0.3, 0.4) is 0 Å². The standard InChI is InChI=1S/C13H18FNO/c1-9(2)10(3)15-13(16)8-11-6-4-5-7-12(11)14/h4-7,9-10H,8H2,1-3H3,(H,15,16)/t10-/m1/s1. The van der Waals surface area contributed by atoms with Gasteiger partial charge in [-0.1, -0.05) is 32.0 Å². The van der Waals surface area contributed by atoms with E-state index in [1.165, 1.54) is 6.07 Å². The quantitative estimate of drug-likeness (QED) is 0.835. The van der Waals surface area contributed by atoms with Gasteiger partial charge in [0.1, 0.15) is 5.82 Å². The second-order valence-corrected chi connectivity index (χ2v) is 4.37. The number of halogens is 1. The van der Waals surface area contributed by atoms with Gasteiger partial charge in [-0.25, -0.2) is 4.39 Å². The number of nitrogens with one attached hydrogen (secondary N) is 1. The molecule has 0 aliphatic heterocycles. The number of hydrogen-bond acceptors (Lipinski definition) is 1. The molecular formula is C13H18FNO. The molecule has 0 aromatic heterocycles. The van der Waals surface area contributed by atoms with Crippen LogP contribution in [0.4, 0.5) is 4.39 Å². The molecule has 0 heterocycles. The molecule has 0 unspecified atom stereocenters. The van der Waals surface area contributed by atoms with Gasteiger partial charge < -0.3 is 5.32 Å². The number of hydrogen-bond donors (Lipinski definition) is 1. The van der Waals surface area contributed by atoms with E-state index in [9.17, 15) is 9.18 Å². The van der Waals surface area contributed by atoms with Crippen LogP contribution in [0.5, 0.6) is 0 Å². The maximum absolute atomic E-state index is 13.3. The van der Waals surface area contributed by atoms with Gasteiger partial charge in [0.05, 0.1) is 6.42 Å². The maximum atomic E-state index is 13.3. The molecule has 1 amide bonds. The molecule has 1 rings (SSSR count). The monoisotopic (exact) mass is 223 g/mol. The van der Waals surface area contributed by atoms with E-state index in [2.05, 4.69) is 5.32 Å². The van der Waals surface area contributed by atoms with Crippen molar-refractivity contribution >= 4 is 5.91 Å². The molecule has 1 aromatic carbocycles. The minimum Gasteiger partial charge on any atom is -0.353 e. The average molecular weight is 223 g/mol. The van der Waals surface area contributed by atoms with Crippen LogP contribution in [0, 0.1) is 11.7 Å². The van der Waals surface area contributed by atoms with Crippen molar-refractivity contribution in [1.82, 2.24) is 5.32 Å². The number of carbonyl (C=O) groups excluding carboxylic acids is 1. The summed E-state index contributed by atoms with van der Waals surface area (Å²) in [5.41, 5.74) is 0.441. The van der Waals surface area contributed by atoms with Gasteiger partial charge in [-0.05, 0) is 24.5 Å². The van der Waals surface area contributed by atoms with Crippen molar-refractivity contribution in [3.63, 3.8) is 0 Å². The SMILES string of the molecule is CC(C)[C@@H](C)NC(=O)Cc1ccccc1F. The van der Waals surface area contributed by atoms with Crippen LogP contribution >= 0.6 is 0 Å². The first-order valence-corrected chi connectivity index (χ1v) is 5.53. The first kappa shape index (κ1) is 12.7. The molecule has 0 bridgehead atoms. The topological polar surface area (TPSA) is 29.1 Å². The fourth-order valence-corrected chi connectivity index (χ4v) is 1.29. The van der Waals surface area contributed by atoms with Crippen molar-refractivity contribution in [3.8, 4) is 0 Å². The van der Waals surface area contributed by atoms with Gasteiger partial charge in [-0.15, -0.1) is 0 Å². The van der Waals surface area contributed by atoms with Crippen molar-refractivity contribution in [1.29, 1.82) is 0 Å². The van der Waals surface area contributed by atoms with Crippen LogP contribution in [0.2, 0.25) is 0 Å².